The highest BCUT2D eigenvalue weighted by atomic mass is 16.9. The van der Waals surface area contributed by atoms with Gasteiger partial charge in [-0.1, -0.05) is 13.3 Å². The first kappa shape index (κ1) is 21.8. The standard InChI is InChI=1S/C16H30O7/c1-4-7-11-23-16(21-5-2,22-6-3)12-13(15(19)20)9-8-10-14(17)18/h13H,4-12H2,1-3H3,(H,17,18)(H,19,20). The van der Waals surface area contributed by atoms with Crippen molar-refractivity contribution in [3.8, 4) is 0 Å². The van der Waals surface area contributed by atoms with Crippen LogP contribution in [-0.4, -0.2) is 47.9 Å². The Kier molecular flexibility index (Phi) is 11.6. The van der Waals surface area contributed by atoms with E-state index in [1.165, 1.54) is 0 Å². The molecule has 0 aliphatic rings. The normalized spacial score (nSPS) is 13.0. The SMILES string of the molecule is CCCCOC(CC(CCCC(=O)O)C(=O)O)(OCC)OCC. The van der Waals surface area contributed by atoms with Gasteiger partial charge in [0.25, 0.3) is 5.97 Å². The Balaban J connectivity index is 4.92. The molecule has 0 aliphatic heterocycles. The van der Waals surface area contributed by atoms with Crippen LogP contribution in [0.15, 0.2) is 0 Å². The van der Waals surface area contributed by atoms with Crippen molar-refractivity contribution in [2.24, 2.45) is 5.92 Å². The fraction of sp³-hybridized carbons (Fsp3) is 0.875. The van der Waals surface area contributed by atoms with E-state index in [0.717, 1.165) is 12.8 Å². The number of ether oxygens (including phenoxy) is 3. The van der Waals surface area contributed by atoms with E-state index in [9.17, 15) is 14.7 Å². The van der Waals surface area contributed by atoms with Crippen LogP contribution in [0.4, 0.5) is 0 Å². The van der Waals surface area contributed by atoms with Gasteiger partial charge in [-0.3, -0.25) is 9.59 Å². The lowest BCUT2D eigenvalue weighted by molar-refractivity contribution is -0.384. The molecule has 0 aromatic carbocycles. The van der Waals surface area contributed by atoms with E-state index in [2.05, 4.69) is 0 Å². The number of hydrogen-bond donors (Lipinski definition) is 2. The molecule has 2 N–H and O–H groups in total. The third-order valence-corrected chi connectivity index (χ3v) is 3.34. The summed E-state index contributed by atoms with van der Waals surface area (Å²) in [6.07, 6.45) is 2.26. The van der Waals surface area contributed by atoms with Gasteiger partial charge in [0.1, 0.15) is 0 Å². The van der Waals surface area contributed by atoms with E-state index in [0.29, 0.717) is 19.8 Å². The number of carbonyl (C=O) groups is 2. The first-order valence-corrected chi connectivity index (χ1v) is 8.27. The van der Waals surface area contributed by atoms with Crippen molar-refractivity contribution in [2.75, 3.05) is 19.8 Å². The van der Waals surface area contributed by atoms with Gasteiger partial charge in [-0.2, -0.15) is 0 Å². The largest absolute Gasteiger partial charge is 0.481 e. The van der Waals surface area contributed by atoms with Crippen molar-refractivity contribution >= 4 is 11.9 Å². The zero-order chi connectivity index (χ0) is 17.7. The lowest BCUT2D eigenvalue weighted by Gasteiger charge is -2.34. The third kappa shape index (κ3) is 9.53. The van der Waals surface area contributed by atoms with Gasteiger partial charge < -0.3 is 24.4 Å². The second-order valence-corrected chi connectivity index (χ2v) is 5.28. The molecule has 0 aliphatic carbocycles. The Hall–Kier alpha value is -1.18. The molecule has 7 heteroatoms. The van der Waals surface area contributed by atoms with Crippen LogP contribution in [0.1, 0.15) is 59.3 Å². The minimum absolute atomic E-state index is 0.0351. The molecular weight excluding hydrogens is 304 g/mol. The number of carboxylic acids is 2. The van der Waals surface area contributed by atoms with Gasteiger partial charge in [0, 0.05) is 26.1 Å². The summed E-state index contributed by atoms with van der Waals surface area (Å²) in [5, 5.41) is 18.1. The Morgan fingerprint density at radius 3 is 2.04 bits per heavy atom. The number of aliphatic carboxylic acids is 2. The minimum Gasteiger partial charge on any atom is -0.481 e. The maximum atomic E-state index is 11.5. The summed E-state index contributed by atoms with van der Waals surface area (Å²) in [5.74, 6) is -4.10. The molecule has 136 valence electrons. The molecule has 0 aromatic heterocycles. The predicted octanol–water partition coefficient (Wildman–Crippen LogP) is 2.88. The Morgan fingerprint density at radius 2 is 1.61 bits per heavy atom. The first-order valence-electron chi connectivity index (χ1n) is 8.27. The van der Waals surface area contributed by atoms with Crippen molar-refractivity contribution in [2.45, 2.75) is 65.3 Å². The van der Waals surface area contributed by atoms with Gasteiger partial charge in [0.2, 0.25) is 0 Å². The van der Waals surface area contributed by atoms with E-state index >= 15 is 0 Å². The molecule has 0 fully saturated rings. The average Bonchev–Trinajstić information content (AvgIpc) is 2.46. The number of carboxylic acid groups (broad SMARTS) is 2. The van der Waals surface area contributed by atoms with Gasteiger partial charge in [-0.25, -0.2) is 0 Å². The first-order chi connectivity index (χ1) is 10.9. The summed E-state index contributed by atoms with van der Waals surface area (Å²) in [7, 11) is 0. The van der Waals surface area contributed by atoms with Crippen LogP contribution in [-0.2, 0) is 23.8 Å². The van der Waals surface area contributed by atoms with E-state index in [1.54, 1.807) is 13.8 Å². The molecule has 0 aromatic rings. The summed E-state index contributed by atoms with van der Waals surface area (Å²) in [4.78, 5) is 22.1. The monoisotopic (exact) mass is 334 g/mol. The van der Waals surface area contributed by atoms with Crippen molar-refractivity contribution in [1.29, 1.82) is 0 Å². The van der Waals surface area contributed by atoms with Crippen molar-refractivity contribution < 1.29 is 34.0 Å². The zero-order valence-corrected chi connectivity index (χ0v) is 14.4. The highest BCUT2D eigenvalue weighted by Gasteiger charge is 2.38. The highest BCUT2D eigenvalue weighted by Crippen LogP contribution is 2.28. The van der Waals surface area contributed by atoms with Gasteiger partial charge in [0.05, 0.1) is 12.5 Å². The molecule has 0 saturated carbocycles. The zero-order valence-electron chi connectivity index (χ0n) is 14.4. The molecule has 0 radical (unpaired) electrons. The number of unbranched alkanes of at least 4 members (excludes halogenated alkanes) is 1. The van der Waals surface area contributed by atoms with Gasteiger partial charge in [0.15, 0.2) is 0 Å². The molecule has 0 spiro atoms. The van der Waals surface area contributed by atoms with Gasteiger partial charge in [-0.05, 0) is 33.1 Å². The van der Waals surface area contributed by atoms with Gasteiger partial charge >= 0.3 is 11.9 Å². The second-order valence-electron chi connectivity index (χ2n) is 5.28. The third-order valence-electron chi connectivity index (χ3n) is 3.34. The maximum Gasteiger partial charge on any atom is 0.306 e. The van der Waals surface area contributed by atoms with Crippen LogP contribution < -0.4 is 0 Å². The highest BCUT2D eigenvalue weighted by molar-refractivity contribution is 5.70. The Bertz CT molecular complexity index is 337. The van der Waals surface area contributed by atoms with Crippen LogP contribution in [0.5, 0.6) is 0 Å². The number of rotatable bonds is 15. The molecule has 0 bridgehead atoms. The fourth-order valence-electron chi connectivity index (χ4n) is 2.23. The molecule has 0 amide bonds. The molecule has 1 unspecified atom stereocenters. The summed E-state index contributed by atoms with van der Waals surface area (Å²) >= 11 is 0. The van der Waals surface area contributed by atoms with Crippen molar-refractivity contribution in [3.63, 3.8) is 0 Å². The topological polar surface area (TPSA) is 102 Å². The van der Waals surface area contributed by atoms with Crippen LogP contribution in [0.2, 0.25) is 0 Å². The minimum atomic E-state index is -1.38. The van der Waals surface area contributed by atoms with E-state index in [-0.39, 0.29) is 25.7 Å². The molecule has 1 atom stereocenters. The van der Waals surface area contributed by atoms with Gasteiger partial charge in [-0.15, -0.1) is 0 Å². The number of hydrogen-bond acceptors (Lipinski definition) is 5. The summed E-state index contributed by atoms with van der Waals surface area (Å²) in [6, 6.07) is 0. The molecular formula is C16H30O7. The Labute approximate surface area is 137 Å². The molecule has 0 rings (SSSR count). The lowest BCUT2D eigenvalue weighted by atomic mass is 9.97. The molecule has 23 heavy (non-hydrogen) atoms. The molecule has 7 nitrogen and oxygen atoms in total. The summed E-state index contributed by atoms with van der Waals surface area (Å²) in [5.41, 5.74) is 0. The quantitative estimate of drug-likeness (QED) is 0.350. The second kappa shape index (κ2) is 12.3. The van der Waals surface area contributed by atoms with E-state index in [4.69, 9.17) is 19.3 Å². The maximum absolute atomic E-state index is 11.5. The van der Waals surface area contributed by atoms with Crippen molar-refractivity contribution in [3.05, 3.63) is 0 Å². The van der Waals surface area contributed by atoms with Crippen LogP contribution in [0, 0.1) is 5.92 Å². The fourth-order valence-corrected chi connectivity index (χ4v) is 2.23. The summed E-state index contributed by atoms with van der Waals surface area (Å²) < 4.78 is 16.9. The Morgan fingerprint density at radius 1 is 1.00 bits per heavy atom. The smallest absolute Gasteiger partial charge is 0.306 e. The molecule has 0 heterocycles. The van der Waals surface area contributed by atoms with Crippen LogP contribution in [0.3, 0.4) is 0 Å². The lowest BCUT2D eigenvalue weighted by Crippen LogP contribution is -2.43. The predicted molar refractivity (Wildman–Crippen MR) is 84.1 cm³/mol. The van der Waals surface area contributed by atoms with Crippen LogP contribution >= 0.6 is 0 Å². The molecule has 0 saturated heterocycles. The van der Waals surface area contributed by atoms with E-state index < -0.39 is 23.8 Å². The average molecular weight is 334 g/mol. The van der Waals surface area contributed by atoms with Crippen molar-refractivity contribution in [1.82, 2.24) is 0 Å². The van der Waals surface area contributed by atoms with E-state index in [1.807, 2.05) is 6.92 Å². The van der Waals surface area contributed by atoms with Crippen LogP contribution in [0.25, 0.3) is 0 Å². The summed E-state index contributed by atoms with van der Waals surface area (Å²) in [6.45, 7) is 6.67.